The van der Waals surface area contributed by atoms with E-state index in [9.17, 15) is 0 Å². The van der Waals surface area contributed by atoms with E-state index in [2.05, 4.69) is 78.2 Å². The molecule has 0 aliphatic rings. The van der Waals surface area contributed by atoms with Gasteiger partial charge in [0.2, 0.25) is 0 Å². The Morgan fingerprint density at radius 1 is 1.29 bits per heavy atom. The van der Waals surface area contributed by atoms with Crippen molar-refractivity contribution < 1.29 is 0 Å². The quantitative estimate of drug-likeness (QED) is 0.867. The van der Waals surface area contributed by atoms with E-state index in [0.29, 0.717) is 0 Å². The number of hydrogen-bond acceptors (Lipinski definition) is 2. The topological polar surface area (TPSA) is 15.3 Å². The number of benzene rings is 1. The number of hydrogen-bond donors (Lipinski definition) is 1. The molecule has 2 nitrogen and oxygen atoms in total. The number of rotatable bonds is 6. The minimum Gasteiger partial charge on any atom is -0.311 e. The van der Waals surface area contributed by atoms with Crippen molar-refractivity contribution in [3.8, 4) is 0 Å². The van der Waals surface area contributed by atoms with Crippen molar-refractivity contribution in [2.75, 3.05) is 20.1 Å². The van der Waals surface area contributed by atoms with Crippen LogP contribution in [0.1, 0.15) is 26.3 Å². The number of nitrogens with zero attached hydrogens (tertiary/aromatic N) is 1. The zero-order valence-corrected chi connectivity index (χ0v) is 12.8. The molecule has 0 radical (unpaired) electrons. The van der Waals surface area contributed by atoms with Gasteiger partial charge in [0.15, 0.2) is 0 Å². The maximum absolute atomic E-state index is 3.59. The van der Waals surface area contributed by atoms with Gasteiger partial charge in [-0.1, -0.05) is 41.1 Å². The molecule has 0 aliphatic heterocycles. The van der Waals surface area contributed by atoms with Gasteiger partial charge in [-0.15, -0.1) is 0 Å². The first-order valence-corrected chi connectivity index (χ1v) is 6.91. The Morgan fingerprint density at radius 2 is 1.94 bits per heavy atom. The lowest BCUT2D eigenvalue weighted by Gasteiger charge is -2.31. The largest absolute Gasteiger partial charge is 0.311 e. The van der Waals surface area contributed by atoms with Crippen molar-refractivity contribution >= 4 is 15.9 Å². The second-order valence-corrected chi connectivity index (χ2v) is 6.03. The molecule has 1 N–H and O–H groups in total. The first-order valence-electron chi connectivity index (χ1n) is 6.11. The molecule has 0 saturated heterocycles. The lowest BCUT2D eigenvalue weighted by Crippen LogP contribution is -2.47. The van der Waals surface area contributed by atoms with Gasteiger partial charge in [-0.3, -0.25) is 0 Å². The zero-order chi connectivity index (χ0) is 12.9. The average Bonchev–Trinajstić information content (AvgIpc) is 2.20. The fourth-order valence-corrected chi connectivity index (χ4v) is 2.59. The highest BCUT2D eigenvalue weighted by Gasteiger charge is 2.18. The van der Waals surface area contributed by atoms with Crippen LogP contribution < -0.4 is 5.32 Å². The summed E-state index contributed by atoms with van der Waals surface area (Å²) in [5.41, 5.74) is 1.49. The molecule has 0 amide bonds. The molecule has 0 atom stereocenters. The molecule has 1 rings (SSSR count). The van der Waals surface area contributed by atoms with Crippen LogP contribution in [0.3, 0.4) is 0 Å². The van der Waals surface area contributed by atoms with Crippen LogP contribution in [-0.2, 0) is 6.54 Å². The van der Waals surface area contributed by atoms with Gasteiger partial charge in [-0.25, -0.2) is 0 Å². The van der Waals surface area contributed by atoms with Gasteiger partial charge in [0, 0.05) is 23.1 Å². The van der Waals surface area contributed by atoms with E-state index < -0.39 is 0 Å². The fraction of sp³-hybridized carbons (Fsp3) is 0.571. The Kier molecular flexibility index (Phi) is 5.63. The van der Waals surface area contributed by atoms with E-state index in [1.807, 2.05) is 0 Å². The van der Waals surface area contributed by atoms with Crippen LogP contribution in [0.2, 0.25) is 0 Å². The third kappa shape index (κ3) is 5.19. The van der Waals surface area contributed by atoms with Gasteiger partial charge in [0.25, 0.3) is 0 Å². The van der Waals surface area contributed by atoms with Gasteiger partial charge in [0.05, 0.1) is 0 Å². The van der Waals surface area contributed by atoms with Gasteiger partial charge >= 0.3 is 0 Å². The molecule has 0 bridgehead atoms. The van der Waals surface area contributed by atoms with Crippen LogP contribution in [0, 0.1) is 0 Å². The van der Waals surface area contributed by atoms with Crippen molar-refractivity contribution in [3.05, 3.63) is 34.3 Å². The minimum absolute atomic E-state index is 0.157. The molecule has 17 heavy (non-hydrogen) atoms. The van der Waals surface area contributed by atoms with Crippen molar-refractivity contribution in [1.82, 2.24) is 10.2 Å². The first kappa shape index (κ1) is 14.7. The summed E-state index contributed by atoms with van der Waals surface area (Å²) in [6.45, 7) is 9.64. The van der Waals surface area contributed by atoms with Crippen LogP contribution in [0.15, 0.2) is 28.7 Å². The molecule has 0 saturated carbocycles. The molecule has 96 valence electrons. The van der Waals surface area contributed by atoms with E-state index >= 15 is 0 Å². The predicted molar refractivity (Wildman–Crippen MR) is 78.2 cm³/mol. The fourth-order valence-electron chi connectivity index (χ4n) is 2.18. The van der Waals surface area contributed by atoms with Crippen molar-refractivity contribution in [2.24, 2.45) is 0 Å². The molecule has 0 unspecified atom stereocenters. The summed E-state index contributed by atoms with van der Waals surface area (Å²) in [7, 11) is 2.17. The van der Waals surface area contributed by atoms with E-state index in [1.165, 1.54) is 10.0 Å². The average molecular weight is 299 g/mol. The molecule has 1 aromatic carbocycles. The number of likely N-dealkylation sites (N-methyl/N-ethyl adjacent to an activating group) is 2. The smallest absolute Gasteiger partial charge is 0.0252 e. The number of nitrogens with one attached hydrogen (secondary N) is 1. The Hall–Kier alpha value is -0.380. The maximum Gasteiger partial charge on any atom is 0.0252 e. The Bertz CT molecular complexity index is 350. The monoisotopic (exact) mass is 298 g/mol. The Morgan fingerprint density at radius 3 is 2.53 bits per heavy atom. The number of halogens is 1. The lowest BCUT2D eigenvalue weighted by atomic mass is 10.0. The molecule has 0 aromatic heterocycles. The highest BCUT2D eigenvalue weighted by molar-refractivity contribution is 9.10. The summed E-state index contributed by atoms with van der Waals surface area (Å²) in [6.07, 6.45) is 0. The van der Waals surface area contributed by atoms with Crippen LogP contribution in [-0.4, -0.2) is 30.6 Å². The van der Waals surface area contributed by atoms with Crippen molar-refractivity contribution in [1.29, 1.82) is 0 Å². The highest BCUT2D eigenvalue weighted by Crippen LogP contribution is 2.18. The standard InChI is InChI=1S/C14H23BrN2/c1-5-16-14(2,3)11-17(4)10-12-8-6-7-9-13(12)15/h6-9,16H,5,10-11H2,1-4H3. The zero-order valence-electron chi connectivity index (χ0n) is 11.3. The van der Waals surface area contributed by atoms with Crippen molar-refractivity contribution in [2.45, 2.75) is 32.9 Å². The summed E-state index contributed by atoms with van der Waals surface area (Å²) in [5, 5.41) is 3.50. The van der Waals surface area contributed by atoms with Gasteiger partial charge in [-0.2, -0.15) is 0 Å². The maximum atomic E-state index is 3.59. The van der Waals surface area contributed by atoms with Crippen LogP contribution in [0.25, 0.3) is 0 Å². The molecule has 0 aliphatic carbocycles. The van der Waals surface area contributed by atoms with E-state index in [0.717, 1.165) is 19.6 Å². The van der Waals surface area contributed by atoms with Crippen molar-refractivity contribution in [3.63, 3.8) is 0 Å². The first-order chi connectivity index (χ1) is 7.94. The lowest BCUT2D eigenvalue weighted by molar-refractivity contribution is 0.231. The molecule has 0 fully saturated rings. The third-order valence-electron chi connectivity index (χ3n) is 2.72. The van der Waals surface area contributed by atoms with Crippen LogP contribution in [0.5, 0.6) is 0 Å². The van der Waals surface area contributed by atoms with Crippen LogP contribution >= 0.6 is 15.9 Å². The third-order valence-corrected chi connectivity index (χ3v) is 3.49. The normalized spacial score (nSPS) is 12.1. The van der Waals surface area contributed by atoms with Gasteiger partial charge < -0.3 is 10.2 Å². The molecule has 0 spiro atoms. The van der Waals surface area contributed by atoms with E-state index in [1.54, 1.807) is 0 Å². The van der Waals surface area contributed by atoms with E-state index in [-0.39, 0.29) is 5.54 Å². The summed E-state index contributed by atoms with van der Waals surface area (Å²) >= 11 is 3.59. The second kappa shape index (κ2) is 6.53. The Balaban J connectivity index is 2.55. The molecule has 3 heteroatoms. The summed E-state index contributed by atoms with van der Waals surface area (Å²) < 4.78 is 1.19. The highest BCUT2D eigenvalue weighted by atomic mass is 79.9. The minimum atomic E-state index is 0.157. The summed E-state index contributed by atoms with van der Waals surface area (Å²) in [5.74, 6) is 0. The SMILES string of the molecule is CCNC(C)(C)CN(C)Cc1ccccc1Br. The molecule has 0 heterocycles. The van der Waals surface area contributed by atoms with E-state index in [4.69, 9.17) is 0 Å². The van der Waals surface area contributed by atoms with Gasteiger partial charge in [-0.05, 0) is 39.1 Å². The molecular formula is C14H23BrN2. The molecule has 1 aromatic rings. The summed E-state index contributed by atoms with van der Waals surface area (Å²) in [6, 6.07) is 8.40. The van der Waals surface area contributed by atoms with Crippen LogP contribution in [0.4, 0.5) is 0 Å². The predicted octanol–water partition coefficient (Wildman–Crippen LogP) is 3.27. The second-order valence-electron chi connectivity index (χ2n) is 5.18. The summed E-state index contributed by atoms with van der Waals surface area (Å²) in [4.78, 5) is 2.35. The van der Waals surface area contributed by atoms with Gasteiger partial charge in [0.1, 0.15) is 0 Å². The molecular weight excluding hydrogens is 276 g/mol. The Labute approximate surface area is 114 Å².